The average Bonchev–Trinajstić information content (AvgIpc) is 2.93. The SMILES string of the molecule is COC(CNC(=O)c1ccccc1-c1nc(C)no1)C(=O)O. The highest BCUT2D eigenvalue weighted by molar-refractivity contribution is 6.00. The van der Waals surface area contributed by atoms with Crippen molar-refractivity contribution >= 4 is 11.9 Å². The molecule has 1 heterocycles. The van der Waals surface area contributed by atoms with Crippen LogP contribution in [0.5, 0.6) is 0 Å². The quantitative estimate of drug-likeness (QED) is 0.813. The van der Waals surface area contributed by atoms with Crippen molar-refractivity contribution in [2.75, 3.05) is 13.7 Å². The molecule has 2 rings (SSSR count). The van der Waals surface area contributed by atoms with Gasteiger partial charge in [-0.25, -0.2) is 4.79 Å². The Morgan fingerprint density at radius 3 is 2.73 bits per heavy atom. The molecule has 2 aromatic rings. The van der Waals surface area contributed by atoms with Crippen LogP contribution in [-0.2, 0) is 9.53 Å². The summed E-state index contributed by atoms with van der Waals surface area (Å²) in [7, 11) is 1.26. The number of carboxylic acids is 1. The van der Waals surface area contributed by atoms with Gasteiger partial charge >= 0.3 is 5.97 Å². The summed E-state index contributed by atoms with van der Waals surface area (Å²) < 4.78 is 9.83. The lowest BCUT2D eigenvalue weighted by Gasteiger charge is -2.12. The number of carbonyl (C=O) groups excluding carboxylic acids is 1. The summed E-state index contributed by atoms with van der Waals surface area (Å²) in [5.74, 6) is -0.918. The highest BCUT2D eigenvalue weighted by Crippen LogP contribution is 2.21. The van der Waals surface area contributed by atoms with Gasteiger partial charge in [0.1, 0.15) is 0 Å². The van der Waals surface area contributed by atoms with Crippen molar-refractivity contribution in [3.05, 3.63) is 35.7 Å². The number of carboxylic acid groups (broad SMARTS) is 1. The number of carbonyl (C=O) groups is 2. The maximum atomic E-state index is 12.2. The summed E-state index contributed by atoms with van der Waals surface area (Å²) in [6, 6.07) is 6.69. The first kappa shape index (κ1) is 15.6. The Morgan fingerprint density at radius 1 is 1.41 bits per heavy atom. The van der Waals surface area contributed by atoms with E-state index in [-0.39, 0.29) is 12.4 Å². The maximum absolute atomic E-state index is 12.2. The fourth-order valence-corrected chi connectivity index (χ4v) is 1.83. The highest BCUT2D eigenvalue weighted by atomic mass is 16.5. The molecule has 0 aliphatic heterocycles. The Hall–Kier alpha value is -2.74. The van der Waals surface area contributed by atoms with Gasteiger partial charge in [-0.05, 0) is 19.1 Å². The van der Waals surface area contributed by atoms with Gasteiger partial charge in [0, 0.05) is 7.11 Å². The molecule has 1 unspecified atom stereocenters. The largest absolute Gasteiger partial charge is 0.479 e. The van der Waals surface area contributed by atoms with Gasteiger partial charge < -0.3 is 19.7 Å². The number of ether oxygens (including phenoxy) is 1. The van der Waals surface area contributed by atoms with Gasteiger partial charge in [0.05, 0.1) is 17.7 Å². The second kappa shape index (κ2) is 6.81. The van der Waals surface area contributed by atoms with E-state index in [4.69, 9.17) is 14.4 Å². The van der Waals surface area contributed by atoms with Crippen LogP contribution in [0.3, 0.4) is 0 Å². The Morgan fingerprint density at radius 2 is 2.14 bits per heavy atom. The van der Waals surface area contributed by atoms with Crippen LogP contribution in [0, 0.1) is 6.92 Å². The van der Waals surface area contributed by atoms with Gasteiger partial charge in [0.2, 0.25) is 0 Å². The van der Waals surface area contributed by atoms with Crippen molar-refractivity contribution in [3.63, 3.8) is 0 Å². The molecule has 1 aromatic carbocycles. The minimum absolute atomic E-state index is 0.151. The molecule has 0 saturated heterocycles. The van der Waals surface area contributed by atoms with E-state index in [0.29, 0.717) is 17.0 Å². The summed E-state index contributed by atoms with van der Waals surface area (Å²) in [5.41, 5.74) is 0.788. The smallest absolute Gasteiger partial charge is 0.334 e. The van der Waals surface area contributed by atoms with Gasteiger partial charge in [-0.2, -0.15) is 4.98 Å². The lowest BCUT2D eigenvalue weighted by atomic mass is 10.1. The molecule has 1 atom stereocenters. The molecule has 1 amide bonds. The summed E-state index contributed by atoms with van der Waals surface area (Å²) in [5, 5.41) is 15.1. The number of aliphatic carboxylic acids is 1. The van der Waals surface area contributed by atoms with Crippen LogP contribution >= 0.6 is 0 Å². The molecule has 8 nitrogen and oxygen atoms in total. The Bertz CT molecular complexity index is 683. The number of rotatable bonds is 6. The van der Waals surface area contributed by atoms with E-state index in [1.54, 1.807) is 31.2 Å². The van der Waals surface area contributed by atoms with Crippen LogP contribution in [0.1, 0.15) is 16.2 Å². The molecule has 0 spiro atoms. The number of aromatic nitrogens is 2. The topological polar surface area (TPSA) is 115 Å². The third-order valence-electron chi connectivity index (χ3n) is 2.94. The van der Waals surface area contributed by atoms with Crippen LogP contribution in [0.2, 0.25) is 0 Å². The Balaban J connectivity index is 2.18. The van der Waals surface area contributed by atoms with E-state index in [9.17, 15) is 9.59 Å². The number of aryl methyl sites for hydroxylation is 1. The molecule has 0 aliphatic rings. The van der Waals surface area contributed by atoms with Gasteiger partial charge in [0.15, 0.2) is 11.9 Å². The van der Waals surface area contributed by atoms with Gasteiger partial charge in [-0.1, -0.05) is 17.3 Å². The Labute approximate surface area is 126 Å². The molecule has 8 heteroatoms. The van der Waals surface area contributed by atoms with Crippen molar-refractivity contribution in [2.24, 2.45) is 0 Å². The molecule has 0 fully saturated rings. The van der Waals surface area contributed by atoms with E-state index in [0.717, 1.165) is 0 Å². The van der Waals surface area contributed by atoms with Crippen LogP contribution < -0.4 is 5.32 Å². The van der Waals surface area contributed by atoms with Crippen LogP contribution in [0.4, 0.5) is 0 Å². The number of benzene rings is 1. The zero-order chi connectivity index (χ0) is 16.1. The van der Waals surface area contributed by atoms with E-state index < -0.39 is 18.0 Å². The lowest BCUT2D eigenvalue weighted by molar-refractivity contribution is -0.148. The zero-order valence-electron chi connectivity index (χ0n) is 12.1. The second-order valence-corrected chi connectivity index (χ2v) is 4.46. The van der Waals surface area contributed by atoms with Crippen LogP contribution in [0.25, 0.3) is 11.5 Å². The monoisotopic (exact) mass is 305 g/mol. The summed E-state index contributed by atoms with van der Waals surface area (Å²) >= 11 is 0. The van der Waals surface area contributed by atoms with Gasteiger partial charge in [-0.3, -0.25) is 4.79 Å². The van der Waals surface area contributed by atoms with Crippen molar-refractivity contribution in [1.82, 2.24) is 15.5 Å². The van der Waals surface area contributed by atoms with Crippen molar-refractivity contribution < 1.29 is 24.0 Å². The molecular formula is C14H15N3O5. The lowest BCUT2D eigenvalue weighted by Crippen LogP contribution is -2.38. The van der Waals surface area contributed by atoms with E-state index in [2.05, 4.69) is 15.5 Å². The number of methoxy groups -OCH3 is 1. The number of hydrogen-bond acceptors (Lipinski definition) is 6. The molecule has 1 aromatic heterocycles. The first-order valence-corrected chi connectivity index (χ1v) is 6.46. The summed E-state index contributed by atoms with van der Waals surface area (Å²) in [6.07, 6.45) is -1.11. The molecule has 22 heavy (non-hydrogen) atoms. The van der Waals surface area contributed by atoms with Crippen molar-refractivity contribution in [3.8, 4) is 11.5 Å². The molecule has 0 bridgehead atoms. The number of nitrogens with zero attached hydrogens (tertiary/aromatic N) is 2. The first-order valence-electron chi connectivity index (χ1n) is 6.46. The Kier molecular flexibility index (Phi) is 4.84. The van der Waals surface area contributed by atoms with Crippen LogP contribution in [-0.4, -0.2) is 46.9 Å². The molecule has 116 valence electrons. The maximum Gasteiger partial charge on any atom is 0.334 e. The van der Waals surface area contributed by atoms with E-state index in [1.165, 1.54) is 7.11 Å². The second-order valence-electron chi connectivity index (χ2n) is 4.46. The number of hydrogen-bond donors (Lipinski definition) is 2. The molecular weight excluding hydrogens is 290 g/mol. The van der Waals surface area contributed by atoms with E-state index >= 15 is 0 Å². The molecule has 0 radical (unpaired) electrons. The first-order chi connectivity index (χ1) is 10.5. The predicted molar refractivity (Wildman–Crippen MR) is 75.2 cm³/mol. The average molecular weight is 305 g/mol. The standard InChI is InChI=1S/C14H15N3O5/c1-8-16-13(22-17-8)10-6-4-3-5-9(10)12(18)15-7-11(21-2)14(19)20/h3-6,11H,7H2,1-2H3,(H,15,18)(H,19,20). The van der Waals surface area contributed by atoms with Crippen molar-refractivity contribution in [1.29, 1.82) is 0 Å². The van der Waals surface area contributed by atoms with Gasteiger partial charge in [-0.15, -0.1) is 0 Å². The highest BCUT2D eigenvalue weighted by Gasteiger charge is 2.20. The molecule has 2 N–H and O–H groups in total. The third kappa shape index (κ3) is 3.47. The third-order valence-corrected chi connectivity index (χ3v) is 2.94. The zero-order valence-corrected chi connectivity index (χ0v) is 12.1. The predicted octanol–water partition coefficient (Wildman–Crippen LogP) is 0.874. The molecule has 0 aliphatic carbocycles. The minimum atomic E-state index is -1.15. The normalized spacial score (nSPS) is 11.9. The molecule has 0 saturated carbocycles. The number of amides is 1. The van der Waals surface area contributed by atoms with Crippen LogP contribution in [0.15, 0.2) is 28.8 Å². The van der Waals surface area contributed by atoms with E-state index in [1.807, 2.05) is 0 Å². The minimum Gasteiger partial charge on any atom is -0.479 e. The summed E-state index contributed by atoms with van der Waals surface area (Å²) in [6.45, 7) is 1.52. The fourth-order valence-electron chi connectivity index (χ4n) is 1.83. The number of nitrogens with one attached hydrogen (secondary N) is 1. The van der Waals surface area contributed by atoms with Crippen molar-refractivity contribution in [2.45, 2.75) is 13.0 Å². The van der Waals surface area contributed by atoms with Gasteiger partial charge in [0.25, 0.3) is 11.8 Å². The fraction of sp³-hybridized carbons (Fsp3) is 0.286. The summed E-state index contributed by atoms with van der Waals surface area (Å²) in [4.78, 5) is 27.2.